The number of carbonyl (C=O) groups excluding carboxylic acids is 1. The summed E-state index contributed by atoms with van der Waals surface area (Å²) in [6.07, 6.45) is 4.29. The smallest absolute Gasteiger partial charge is 0.354 e. The van der Waals surface area contributed by atoms with Gasteiger partial charge in [-0.1, -0.05) is 17.7 Å². The minimum absolute atomic E-state index is 0.0194. The molecule has 12 heteroatoms. The van der Waals surface area contributed by atoms with Crippen LogP contribution in [0.2, 0.25) is 5.02 Å². The predicted molar refractivity (Wildman–Crippen MR) is 190 cm³/mol. The Hall–Kier alpha value is -3.77. The third kappa shape index (κ3) is 6.36. The van der Waals surface area contributed by atoms with Gasteiger partial charge in [0.2, 0.25) is 0 Å². The molecule has 0 amide bonds. The molecule has 0 unspecified atom stereocenters. The Labute approximate surface area is 290 Å². The van der Waals surface area contributed by atoms with Crippen LogP contribution < -0.4 is 0 Å². The number of aliphatic hydroxyl groups excluding tert-OH is 1. The SMILES string of the molecule is COC(=O)c1c(CCCO)c2ccc(Cl)c(-c3c(CN(C)Cc4cc(CSc5cc(O)cc6c5CCC6)n(C)n4)nn(C)c3C)c2n1C. The molecule has 0 saturated heterocycles. The summed E-state index contributed by atoms with van der Waals surface area (Å²) in [6, 6.07) is 9.77. The Bertz CT molecular complexity index is 2010. The highest BCUT2D eigenvalue weighted by atomic mass is 35.5. The zero-order valence-electron chi connectivity index (χ0n) is 28.4. The van der Waals surface area contributed by atoms with Gasteiger partial charge in [-0.2, -0.15) is 10.2 Å². The summed E-state index contributed by atoms with van der Waals surface area (Å²) in [5.41, 5.74) is 10.4. The van der Waals surface area contributed by atoms with Crippen LogP contribution in [-0.4, -0.2) is 66.0 Å². The summed E-state index contributed by atoms with van der Waals surface area (Å²) in [4.78, 5) is 16.3. The van der Waals surface area contributed by atoms with Gasteiger partial charge in [0, 0.05) is 79.4 Å². The van der Waals surface area contributed by atoms with Crippen LogP contribution in [0.4, 0.5) is 0 Å². The number of carbonyl (C=O) groups is 1. The molecule has 6 rings (SSSR count). The topological polar surface area (TPSA) is 111 Å². The molecule has 3 aromatic heterocycles. The number of rotatable bonds is 12. The van der Waals surface area contributed by atoms with Crippen LogP contribution in [0.3, 0.4) is 0 Å². The van der Waals surface area contributed by atoms with Crippen molar-refractivity contribution in [2.24, 2.45) is 21.1 Å². The Kier molecular flexibility index (Phi) is 9.94. The van der Waals surface area contributed by atoms with Gasteiger partial charge in [-0.25, -0.2) is 4.79 Å². The molecule has 0 saturated carbocycles. The molecule has 254 valence electrons. The fourth-order valence-corrected chi connectivity index (χ4v) is 8.55. The van der Waals surface area contributed by atoms with Crippen LogP contribution in [-0.2, 0) is 64.0 Å². The summed E-state index contributed by atoms with van der Waals surface area (Å²) in [7, 11) is 9.21. The zero-order valence-corrected chi connectivity index (χ0v) is 30.0. The number of phenols is 1. The Morgan fingerprint density at radius 1 is 1.08 bits per heavy atom. The van der Waals surface area contributed by atoms with Crippen molar-refractivity contribution in [3.63, 3.8) is 0 Å². The largest absolute Gasteiger partial charge is 0.508 e. The summed E-state index contributed by atoms with van der Waals surface area (Å²) < 4.78 is 10.9. The van der Waals surface area contributed by atoms with E-state index in [1.807, 2.05) is 66.3 Å². The molecule has 0 aliphatic heterocycles. The van der Waals surface area contributed by atoms with Gasteiger partial charge < -0.3 is 19.5 Å². The monoisotopic (exact) mass is 690 g/mol. The number of phenolic OH excluding ortho intramolecular Hbond substituents is 1. The average molecular weight is 691 g/mol. The van der Waals surface area contributed by atoms with Gasteiger partial charge in [-0.3, -0.25) is 14.3 Å². The van der Waals surface area contributed by atoms with Crippen LogP contribution in [0.25, 0.3) is 22.0 Å². The number of fused-ring (bicyclic) bond motifs is 2. The molecular weight excluding hydrogens is 648 g/mol. The van der Waals surface area contributed by atoms with Crippen molar-refractivity contribution >= 4 is 40.2 Å². The number of esters is 1. The molecule has 1 aliphatic rings. The van der Waals surface area contributed by atoms with Gasteiger partial charge in [0.15, 0.2) is 0 Å². The van der Waals surface area contributed by atoms with Crippen LogP contribution >= 0.6 is 23.4 Å². The number of hydrogen-bond donors (Lipinski definition) is 2. The standard InChI is InChI=1S/C36H43ClN6O4S/c1-21-32(33-29(37)13-12-28-27(11-8-14-44)35(36(46)47-6)41(3)34(28)33)30(39-42(21)4)19-40(2)18-23-16-24(43(5)38-23)20-48-31-17-25(45)15-22-9-7-10-26(22)31/h12-13,15-17,44-45H,7-11,14,18-20H2,1-6H3. The molecule has 5 aromatic rings. The maximum absolute atomic E-state index is 13.0. The van der Waals surface area contributed by atoms with Crippen molar-refractivity contribution in [2.75, 3.05) is 20.8 Å². The number of ether oxygens (including phenoxy) is 1. The molecule has 2 aromatic carbocycles. The summed E-state index contributed by atoms with van der Waals surface area (Å²) in [5, 5.41) is 31.1. The van der Waals surface area contributed by atoms with E-state index < -0.39 is 5.97 Å². The second-order valence-corrected chi connectivity index (χ2v) is 14.1. The van der Waals surface area contributed by atoms with Crippen LogP contribution in [0.15, 0.2) is 35.2 Å². The minimum Gasteiger partial charge on any atom is -0.508 e. The van der Waals surface area contributed by atoms with Gasteiger partial charge in [0.1, 0.15) is 11.4 Å². The highest BCUT2D eigenvalue weighted by Gasteiger charge is 2.28. The Morgan fingerprint density at radius 2 is 1.88 bits per heavy atom. The van der Waals surface area contributed by atoms with Crippen molar-refractivity contribution in [3.8, 4) is 16.9 Å². The maximum atomic E-state index is 13.0. The Balaban J connectivity index is 1.28. The summed E-state index contributed by atoms with van der Waals surface area (Å²) in [5.74, 6) is 0.676. The lowest BCUT2D eigenvalue weighted by molar-refractivity contribution is 0.0589. The van der Waals surface area contributed by atoms with E-state index >= 15 is 0 Å². The van der Waals surface area contributed by atoms with Gasteiger partial charge >= 0.3 is 5.97 Å². The summed E-state index contributed by atoms with van der Waals surface area (Å²) in [6.45, 7) is 3.22. The highest BCUT2D eigenvalue weighted by Crippen LogP contribution is 2.42. The molecule has 0 bridgehead atoms. The van der Waals surface area contributed by atoms with Crippen molar-refractivity contribution in [3.05, 3.63) is 80.5 Å². The zero-order chi connectivity index (χ0) is 34.3. The number of hydrogen-bond acceptors (Lipinski definition) is 8. The quantitative estimate of drug-likeness (QED) is 0.119. The molecule has 0 atom stereocenters. The molecule has 1 aliphatic carbocycles. The van der Waals surface area contributed by atoms with E-state index in [-0.39, 0.29) is 6.61 Å². The van der Waals surface area contributed by atoms with Crippen LogP contribution in [0.5, 0.6) is 5.75 Å². The third-order valence-electron chi connectivity index (χ3n) is 9.44. The number of methoxy groups -OCH3 is 1. The lowest BCUT2D eigenvalue weighted by Crippen LogP contribution is -2.18. The van der Waals surface area contributed by atoms with E-state index in [4.69, 9.17) is 26.5 Å². The molecular formula is C36H43ClN6O4S. The second-order valence-electron chi connectivity index (χ2n) is 12.7. The van der Waals surface area contributed by atoms with Gasteiger partial charge in [0.05, 0.1) is 29.0 Å². The van der Waals surface area contributed by atoms with Crippen molar-refractivity contribution in [2.45, 2.75) is 62.8 Å². The fraction of sp³-hybridized carbons (Fsp3) is 0.417. The van der Waals surface area contributed by atoms with Crippen molar-refractivity contribution < 1.29 is 19.7 Å². The molecule has 48 heavy (non-hydrogen) atoms. The number of aliphatic hydroxyl groups is 1. The Morgan fingerprint density at radius 3 is 2.62 bits per heavy atom. The van der Waals surface area contributed by atoms with E-state index in [0.717, 1.165) is 80.3 Å². The van der Waals surface area contributed by atoms with Gasteiger partial charge in [0.25, 0.3) is 0 Å². The first-order chi connectivity index (χ1) is 23.0. The first-order valence-corrected chi connectivity index (χ1v) is 17.6. The first-order valence-electron chi connectivity index (χ1n) is 16.2. The molecule has 3 heterocycles. The van der Waals surface area contributed by atoms with E-state index in [2.05, 4.69) is 18.0 Å². The molecule has 10 nitrogen and oxygen atoms in total. The van der Waals surface area contributed by atoms with Crippen LogP contribution in [0, 0.1) is 6.92 Å². The summed E-state index contributed by atoms with van der Waals surface area (Å²) >= 11 is 8.75. The average Bonchev–Trinajstić information content (AvgIpc) is 3.79. The molecule has 0 fully saturated rings. The number of halogens is 1. The normalized spacial score (nSPS) is 12.9. The fourth-order valence-electron chi connectivity index (χ4n) is 7.12. The number of aryl methyl sites for hydroxylation is 5. The lowest BCUT2D eigenvalue weighted by Gasteiger charge is -2.16. The van der Waals surface area contributed by atoms with Crippen LogP contribution in [0.1, 0.15) is 62.8 Å². The minimum atomic E-state index is -0.425. The van der Waals surface area contributed by atoms with E-state index in [0.29, 0.717) is 42.4 Å². The molecule has 0 radical (unpaired) electrons. The highest BCUT2D eigenvalue weighted by molar-refractivity contribution is 7.98. The maximum Gasteiger partial charge on any atom is 0.354 e. The van der Waals surface area contributed by atoms with Crippen molar-refractivity contribution in [1.29, 1.82) is 0 Å². The number of nitrogens with zero attached hydrogens (tertiary/aromatic N) is 6. The first kappa shape index (κ1) is 34.1. The van der Waals surface area contributed by atoms with E-state index in [9.17, 15) is 15.0 Å². The lowest BCUT2D eigenvalue weighted by atomic mass is 9.98. The number of aromatic hydroxyl groups is 1. The molecule has 2 N–H and O–H groups in total. The number of benzene rings is 2. The number of aromatic nitrogens is 5. The number of thioether (sulfide) groups is 1. The second kappa shape index (κ2) is 14.0. The van der Waals surface area contributed by atoms with Gasteiger partial charge in [-0.05, 0) is 87.0 Å². The van der Waals surface area contributed by atoms with Gasteiger partial charge in [-0.15, -0.1) is 11.8 Å². The molecule has 0 spiro atoms. The van der Waals surface area contributed by atoms with E-state index in [1.165, 1.54) is 18.2 Å². The van der Waals surface area contributed by atoms with Crippen molar-refractivity contribution in [1.82, 2.24) is 29.0 Å². The predicted octanol–water partition coefficient (Wildman–Crippen LogP) is 6.10. The third-order valence-corrected chi connectivity index (χ3v) is 10.9. The van der Waals surface area contributed by atoms with E-state index in [1.54, 1.807) is 11.8 Å².